The molecule has 0 aliphatic heterocycles. The van der Waals surface area contributed by atoms with E-state index in [0.717, 1.165) is 60.5 Å². The monoisotopic (exact) mass is 593 g/mol. The molecular formula is C38H35N5O2. The van der Waals surface area contributed by atoms with Crippen LogP contribution in [0.4, 0.5) is 0 Å². The number of hydrogen-bond donors (Lipinski definition) is 5. The summed E-state index contributed by atoms with van der Waals surface area (Å²) in [5, 5.41) is 9.25. The lowest BCUT2D eigenvalue weighted by Crippen LogP contribution is -2.53. The van der Waals surface area contributed by atoms with E-state index < -0.39 is 11.5 Å². The van der Waals surface area contributed by atoms with E-state index in [2.05, 4.69) is 25.6 Å². The van der Waals surface area contributed by atoms with Gasteiger partial charge in [0.1, 0.15) is 11.5 Å². The molecule has 0 spiro atoms. The summed E-state index contributed by atoms with van der Waals surface area (Å²) in [6.45, 7) is 4.34. The van der Waals surface area contributed by atoms with Crippen LogP contribution in [0.5, 0.6) is 0 Å². The molecule has 224 valence electrons. The van der Waals surface area contributed by atoms with Gasteiger partial charge in [0.05, 0.1) is 0 Å². The first-order chi connectivity index (χ1) is 21.9. The van der Waals surface area contributed by atoms with Crippen LogP contribution < -0.4 is 10.6 Å². The maximum atomic E-state index is 14.8. The van der Waals surface area contributed by atoms with Gasteiger partial charge in [-0.25, -0.2) is 0 Å². The second kappa shape index (κ2) is 11.5. The number of para-hydroxylation sites is 3. The van der Waals surface area contributed by atoms with Gasteiger partial charge in [0.2, 0.25) is 11.8 Å². The van der Waals surface area contributed by atoms with Crippen molar-refractivity contribution in [2.75, 3.05) is 0 Å². The Morgan fingerprint density at radius 1 is 0.689 bits per heavy atom. The number of benzene rings is 4. The molecule has 2 amide bonds. The van der Waals surface area contributed by atoms with Crippen molar-refractivity contribution in [3.8, 4) is 0 Å². The van der Waals surface area contributed by atoms with E-state index >= 15 is 0 Å². The Labute approximate surface area is 261 Å². The number of rotatable bonds is 9. The Morgan fingerprint density at radius 2 is 1.20 bits per heavy atom. The predicted octanol–water partition coefficient (Wildman–Crippen LogP) is 6.79. The lowest BCUT2D eigenvalue weighted by Gasteiger charge is -2.31. The van der Waals surface area contributed by atoms with Gasteiger partial charge in [-0.3, -0.25) is 9.59 Å². The number of H-pyrrole nitrogens is 3. The van der Waals surface area contributed by atoms with E-state index in [1.54, 1.807) is 0 Å². The van der Waals surface area contributed by atoms with Crippen LogP contribution in [0.15, 0.2) is 116 Å². The van der Waals surface area contributed by atoms with E-state index in [9.17, 15) is 9.59 Å². The van der Waals surface area contributed by atoms with Crippen LogP contribution >= 0.6 is 0 Å². The van der Waals surface area contributed by atoms with Gasteiger partial charge in [-0.05, 0) is 54.3 Å². The first-order valence-corrected chi connectivity index (χ1v) is 15.2. The topological polar surface area (TPSA) is 106 Å². The van der Waals surface area contributed by atoms with Gasteiger partial charge < -0.3 is 25.6 Å². The zero-order valence-corrected chi connectivity index (χ0v) is 25.3. The quantitative estimate of drug-likeness (QED) is 0.127. The largest absolute Gasteiger partial charge is 0.361 e. The van der Waals surface area contributed by atoms with Crippen molar-refractivity contribution in [1.29, 1.82) is 0 Å². The Bertz CT molecular complexity index is 2080. The van der Waals surface area contributed by atoms with E-state index in [1.807, 2.05) is 129 Å². The molecule has 3 heterocycles. The molecule has 0 radical (unpaired) electrons. The second-order valence-electron chi connectivity index (χ2n) is 11.9. The fourth-order valence-corrected chi connectivity index (χ4v) is 6.41. The van der Waals surface area contributed by atoms with Crippen LogP contribution in [0, 0.1) is 6.92 Å². The summed E-state index contributed by atoms with van der Waals surface area (Å²) in [4.78, 5) is 38.8. The van der Waals surface area contributed by atoms with Crippen LogP contribution in [-0.2, 0) is 28.0 Å². The van der Waals surface area contributed by atoms with Gasteiger partial charge in [0, 0.05) is 64.3 Å². The first kappa shape index (κ1) is 28.2. The molecule has 4 aromatic carbocycles. The Morgan fingerprint density at radius 3 is 1.80 bits per heavy atom. The summed E-state index contributed by atoms with van der Waals surface area (Å²) in [6, 6.07) is 31.2. The van der Waals surface area contributed by atoms with E-state index in [-0.39, 0.29) is 11.8 Å². The summed E-state index contributed by atoms with van der Waals surface area (Å²) in [6.07, 6.45) is 6.08. The molecule has 0 saturated carbocycles. The second-order valence-corrected chi connectivity index (χ2v) is 11.9. The molecular weight excluding hydrogens is 558 g/mol. The van der Waals surface area contributed by atoms with Crippen molar-refractivity contribution in [1.82, 2.24) is 25.6 Å². The van der Waals surface area contributed by atoms with Crippen LogP contribution in [0.2, 0.25) is 0 Å². The lowest BCUT2D eigenvalue weighted by molar-refractivity contribution is -0.131. The Kier molecular flexibility index (Phi) is 7.22. The van der Waals surface area contributed by atoms with E-state index in [4.69, 9.17) is 0 Å². The number of nitrogens with one attached hydrogen (secondary N) is 5. The fraction of sp³-hybridized carbons (Fsp3) is 0.158. The summed E-state index contributed by atoms with van der Waals surface area (Å²) in [7, 11) is 0. The molecule has 45 heavy (non-hydrogen) atoms. The van der Waals surface area contributed by atoms with Crippen molar-refractivity contribution in [3.05, 3.63) is 143 Å². The van der Waals surface area contributed by atoms with Crippen molar-refractivity contribution in [2.24, 2.45) is 0 Å². The highest BCUT2D eigenvalue weighted by Gasteiger charge is 2.42. The zero-order chi connectivity index (χ0) is 31.0. The summed E-state index contributed by atoms with van der Waals surface area (Å²) < 4.78 is 0. The fourth-order valence-electron chi connectivity index (χ4n) is 6.41. The number of aryl methyl sites for hydroxylation is 1. The third-order valence-electron chi connectivity index (χ3n) is 9.02. The highest BCUT2D eigenvalue weighted by atomic mass is 16.2. The molecule has 7 aromatic rings. The zero-order valence-electron chi connectivity index (χ0n) is 25.3. The molecule has 7 rings (SSSR count). The average Bonchev–Trinajstić information content (AvgIpc) is 3.81. The molecule has 7 nitrogen and oxygen atoms in total. The molecule has 1 atom stereocenters. The van der Waals surface area contributed by atoms with Crippen LogP contribution in [0.1, 0.15) is 34.7 Å². The van der Waals surface area contributed by atoms with Crippen molar-refractivity contribution >= 4 is 44.5 Å². The molecule has 7 heteroatoms. The molecule has 0 bridgehead atoms. The standard InChI is InChI=1S/C38H35N5O2/c1-24-15-17-25(18-16-24)20-42-36(44)35(19-26-21-39-32-12-6-3-9-27(26)32)43-37(45)38(2,30-22-40-33-13-7-4-10-28(30)33)31-23-41-34-14-8-5-11-29(31)34/h3-18,21-23,35,39-41H,19-20H2,1-2H3,(H,42,44)(H,43,45)/t35-/m0/s1. The van der Waals surface area contributed by atoms with Crippen LogP contribution in [0.25, 0.3) is 32.7 Å². The van der Waals surface area contributed by atoms with Gasteiger partial charge in [-0.15, -0.1) is 0 Å². The SMILES string of the molecule is Cc1ccc(CNC(=O)[C@H](Cc2c[nH]c3ccccc23)NC(=O)C(C)(c2c[nH]c3ccccc23)c2c[nH]c3ccccc23)cc1. The number of carbonyl (C=O) groups is 2. The Balaban J connectivity index is 1.28. The molecule has 0 aliphatic rings. The van der Waals surface area contributed by atoms with Gasteiger partial charge in [0.25, 0.3) is 0 Å². The Hall–Kier alpha value is -5.56. The number of amides is 2. The highest BCUT2D eigenvalue weighted by Crippen LogP contribution is 2.40. The van der Waals surface area contributed by atoms with Crippen molar-refractivity contribution in [2.45, 2.75) is 38.3 Å². The smallest absolute Gasteiger partial charge is 0.243 e. The summed E-state index contributed by atoms with van der Waals surface area (Å²) in [5.41, 5.74) is 6.53. The minimum absolute atomic E-state index is 0.241. The van der Waals surface area contributed by atoms with E-state index in [1.165, 1.54) is 0 Å². The third kappa shape index (κ3) is 5.16. The van der Waals surface area contributed by atoms with Gasteiger partial charge in [-0.1, -0.05) is 84.4 Å². The molecule has 5 N–H and O–H groups in total. The maximum absolute atomic E-state index is 14.8. The van der Waals surface area contributed by atoms with Gasteiger partial charge in [0.15, 0.2) is 0 Å². The van der Waals surface area contributed by atoms with Crippen molar-refractivity contribution < 1.29 is 9.59 Å². The summed E-state index contributed by atoms with van der Waals surface area (Å²) >= 11 is 0. The highest BCUT2D eigenvalue weighted by molar-refractivity contribution is 6.03. The van der Waals surface area contributed by atoms with Crippen LogP contribution in [0.3, 0.4) is 0 Å². The number of hydrogen-bond acceptors (Lipinski definition) is 2. The summed E-state index contributed by atoms with van der Waals surface area (Å²) in [5.74, 6) is -0.498. The lowest BCUT2D eigenvalue weighted by atomic mass is 9.75. The van der Waals surface area contributed by atoms with Crippen LogP contribution in [-0.4, -0.2) is 32.8 Å². The van der Waals surface area contributed by atoms with Gasteiger partial charge in [-0.2, -0.15) is 0 Å². The predicted molar refractivity (Wildman–Crippen MR) is 180 cm³/mol. The molecule has 0 unspecified atom stereocenters. The first-order valence-electron chi connectivity index (χ1n) is 15.2. The normalized spacial score (nSPS) is 12.5. The molecule has 3 aromatic heterocycles. The average molecular weight is 594 g/mol. The minimum Gasteiger partial charge on any atom is -0.361 e. The number of fused-ring (bicyclic) bond motifs is 3. The molecule has 0 aliphatic carbocycles. The number of carbonyl (C=O) groups excluding carboxylic acids is 2. The number of aromatic amines is 3. The minimum atomic E-state index is -1.13. The maximum Gasteiger partial charge on any atom is 0.243 e. The van der Waals surface area contributed by atoms with E-state index in [0.29, 0.717) is 13.0 Å². The molecule has 0 saturated heterocycles. The molecule has 0 fully saturated rings. The van der Waals surface area contributed by atoms with Crippen molar-refractivity contribution in [3.63, 3.8) is 0 Å². The van der Waals surface area contributed by atoms with Gasteiger partial charge >= 0.3 is 0 Å². The number of aromatic nitrogens is 3. The third-order valence-corrected chi connectivity index (χ3v) is 9.02.